The van der Waals surface area contributed by atoms with Crippen molar-refractivity contribution in [3.8, 4) is 5.75 Å². The monoisotopic (exact) mass is 429 g/mol. The Hall–Kier alpha value is -2.55. The standard InChI is InChI=1S/C29H35NO2/c1-3-17-30-28(31)27-14-13-26-25-11-9-21-18-22(32-19-20-7-5-4-6-8-20)10-12-23(21)24(25)15-16-29(26,27)2/h4-8,10,12,14,18,24-26H,3,9,11,13,15-17,19H2,1-2H3,(H,30,31)/t24-,25-,26+,29+/m1/s1. The van der Waals surface area contributed by atoms with Gasteiger partial charge in [-0.05, 0) is 85.1 Å². The van der Waals surface area contributed by atoms with Crippen LogP contribution in [0.4, 0.5) is 0 Å². The van der Waals surface area contributed by atoms with Crippen molar-refractivity contribution in [2.24, 2.45) is 17.3 Å². The van der Waals surface area contributed by atoms with E-state index in [1.54, 1.807) is 0 Å². The first-order valence-corrected chi connectivity index (χ1v) is 12.4. The lowest BCUT2D eigenvalue weighted by atomic mass is 9.54. The second-order valence-electron chi connectivity index (χ2n) is 10.1. The van der Waals surface area contributed by atoms with Gasteiger partial charge in [0.05, 0.1) is 0 Å². The molecule has 1 saturated carbocycles. The highest BCUT2D eigenvalue weighted by atomic mass is 16.5. The summed E-state index contributed by atoms with van der Waals surface area (Å²) < 4.78 is 6.10. The maximum absolute atomic E-state index is 12.8. The lowest BCUT2D eigenvalue weighted by Gasteiger charge is -2.50. The summed E-state index contributed by atoms with van der Waals surface area (Å²) in [6, 6.07) is 17.1. The fourth-order valence-corrected chi connectivity index (χ4v) is 6.64. The third-order valence-electron chi connectivity index (χ3n) is 8.31. The minimum absolute atomic E-state index is 0.0369. The molecule has 2 aromatic carbocycles. The van der Waals surface area contributed by atoms with E-state index in [0.29, 0.717) is 24.4 Å². The molecule has 1 fully saturated rings. The number of hydrogen-bond acceptors (Lipinski definition) is 2. The number of allylic oxidation sites excluding steroid dienone is 1. The van der Waals surface area contributed by atoms with Gasteiger partial charge in [-0.25, -0.2) is 0 Å². The topological polar surface area (TPSA) is 38.3 Å². The van der Waals surface area contributed by atoms with Crippen LogP contribution in [-0.4, -0.2) is 12.5 Å². The number of benzene rings is 2. The Morgan fingerprint density at radius 2 is 2.00 bits per heavy atom. The van der Waals surface area contributed by atoms with Crippen molar-refractivity contribution in [1.82, 2.24) is 5.32 Å². The van der Waals surface area contributed by atoms with E-state index in [2.05, 4.69) is 67.7 Å². The second kappa shape index (κ2) is 8.77. The van der Waals surface area contributed by atoms with Crippen LogP contribution in [0.3, 0.4) is 0 Å². The van der Waals surface area contributed by atoms with E-state index in [1.165, 1.54) is 29.5 Å². The Balaban J connectivity index is 1.30. The summed E-state index contributed by atoms with van der Waals surface area (Å²) >= 11 is 0. The van der Waals surface area contributed by atoms with Gasteiger partial charge in [-0.3, -0.25) is 4.79 Å². The molecule has 0 heterocycles. The molecule has 0 saturated heterocycles. The van der Waals surface area contributed by atoms with Crippen LogP contribution in [0.2, 0.25) is 0 Å². The van der Waals surface area contributed by atoms with Crippen LogP contribution in [0, 0.1) is 17.3 Å². The van der Waals surface area contributed by atoms with Gasteiger partial charge in [0, 0.05) is 17.5 Å². The lowest BCUT2D eigenvalue weighted by molar-refractivity contribution is -0.119. The normalized spacial score (nSPS) is 28.2. The minimum Gasteiger partial charge on any atom is -0.489 e. The van der Waals surface area contributed by atoms with E-state index in [4.69, 9.17) is 4.74 Å². The van der Waals surface area contributed by atoms with E-state index in [-0.39, 0.29) is 11.3 Å². The number of rotatable bonds is 6. The average molecular weight is 430 g/mol. The fraction of sp³-hybridized carbons (Fsp3) is 0.483. The zero-order valence-electron chi connectivity index (χ0n) is 19.4. The summed E-state index contributed by atoms with van der Waals surface area (Å²) in [5, 5.41) is 3.13. The highest BCUT2D eigenvalue weighted by Gasteiger charge is 2.53. The van der Waals surface area contributed by atoms with Gasteiger partial charge in [0.2, 0.25) is 5.91 Å². The maximum Gasteiger partial charge on any atom is 0.247 e. The number of aryl methyl sites for hydroxylation is 1. The van der Waals surface area contributed by atoms with Gasteiger partial charge in [-0.2, -0.15) is 0 Å². The maximum atomic E-state index is 12.8. The molecule has 1 N–H and O–H groups in total. The predicted molar refractivity (Wildman–Crippen MR) is 129 cm³/mol. The molecule has 0 aromatic heterocycles. The van der Waals surface area contributed by atoms with Crippen molar-refractivity contribution in [2.75, 3.05) is 6.54 Å². The van der Waals surface area contributed by atoms with Crippen molar-refractivity contribution >= 4 is 5.91 Å². The minimum atomic E-state index is 0.0369. The molecule has 5 rings (SSSR count). The Labute approximate surface area is 192 Å². The number of hydrogen-bond donors (Lipinski definition) is 1. The van der Waals surface area contributed by atoms with Gasteiger partial charge < -0.3 is 10.1 Å². The highest BCUT2D eigenvalue weighted by molar-refractivity contribution is 5.95. The molecule has 1 amide bonds. The average Bonchev–Trinajstić information content (AvgIpc) is 3.19. The van der Waals surface area contributed by atoms with Crippen LogP contribution in [-0.2, 0) is 17.8 Å². The van der Waals surface area contributed by atoms with Crippen molar-refractivity contribution in [3.63, 3.8) is 0 Å². The van der Waals surface area contributed by atoms with Crippen LogP contribution in [0.1, 0.15) is 68.6 Å². The van der Waals surface area contributed by atoms with Crippen LogP contribution in [0.25, 0.3) is 0 Å². The van der Waals surface area contributed by atoms with E-state index >= 15 is 0 Å². The molecule has 3 nitrogen and oxygen atoms in total. The van der Waals surface area contributed by atoms with Gasteiger partial charge in [-0.1, -0.05) is 56.3 Å². The number of carbonyl (C=O) groups is 1. The molecule has 32 heavy (non-hydrogen) atoms. The van der Waals surface area contributed by atoms with E-state index in [0.717, 1.165) is 43.6 Å². The van der Waals surface area contributed by atoms with Gasteiger partial charge in [0.1, 0.15) is 12.4 Å². The summed E-state index contributed by atoms with van der Waals surface area (Å²) in [4.78, 5) is 12.8. The van der Waals surface area contributed by atoms with Crippen molar-refractivity contribution < 1.29 is 9.53 Å². The fourth-order valence-electron chi connectivity index (χ4n) is 6.64. The Morgan fingerprint density at radius 1 is 1.16 bits per heavy atom. The number of carbonyl (C=O) groups excluding carboxylic acids is 1. The van der Waals surface area contributed by atoms with Crippen LogP contribution >= 0.6 is 0 Å². The number of ether oxygens (including phenoxy) is 1. The molecule has 4 atom stereocenters. The van der Waals surface area contributed by atoms with Crippen molar-refractivity contribution in [3.05, 3.63) is 76.9 Å². The third-order valence-corrected chi connectivity index (χ3v) is 8.31. The summed E-state index contributed by atoms with van der Waals surface area (Å²) in [6.07, 6.45) is 8.91. The van der Waals surface area contributed by atoms with E-state index in [1.807, 2.05) is 6.07 Å². The first-order chi connectivity index (χ1) is 15.6. The molecule has 0 unspecified atom stereocenters. The second-order valence-corrected chi connectivity index (χ2v) is 10.1. The first-order valence-electron chi connectivity index (χ1n) is 12.4. The predicted octanol–water partition coefficient (Wildman–Crippen LogP) is 6.18. The van der Waals surface area contributed by atoms with Crippen LogP contribution in [0.5, 0.6) is 5.75 Å². The van der Waals surface area contributed by atoms with Gasteiger partial charge >= 0.3 is 0 Å². The zero-order chi connectivity index (χ0) is 22.1. The van der Waals surface area contributed by atoms with Crippen molar-refractivity contribution in [2.45, 2.75) is 64.9 Å². The molecule has 0 bridgehead atoms. The van der Waals surface area contributed by atoms with Crippen molar-refractivity contribution in [1.29, 1.82) is 0 Å². The molecule has 2 aromatic rings. The zero-order valence-corrected chi connectivity index (χ0v) is 19.4. The van der Waals surface area contributed by atoms with Crippen LogP contribution < -0.4 is 10.1 Å². The number of nitrogens with one attached hydrogen (secondary N) is 1. The Bertz CT molecular complexity index is 1010. The summed E-state index contributed by atoms with van der Waals surface area (Å²) in [7, 11) is 0. The molecular formula is C29H35NO2. The van der Waals surface area contributed by atoms with Crippen LogP contribution in [0.15, 0.2) is 60.2 Å². The first kappa shape index (κ1) is 21.3. The molecule has 3 aliphatic rings. The molecule has 3 heteroatoms. The molecule has 3 aliphatic carbocycles. The molecule has 0 aliphatic heterocycles. The summed E-state index contributed by atoms with van der Waals surface area (Å²) in [6.45, 7) is 5.84. The molecule has 0 radical (unpaired) electrons. The SMILES string of the molecule is CCCNC(=O)C1=CC[C@H]2[C@@H]3CCc4cc(OCc5ccccc5)ccc4[C@H]3CC[C@]12C. The summed E-state index contributed by atoms with van der Waals surface area (Å²) in [5.74, 6) is 3.03. The molecule has 0 spiro atoms. The summed E-state index contributed by atoms with van der Waals surface area (Å²) in [5.41, 5.74) is 5.29. The molecular weight excluding hydrogens is 394 g/mol. The highest BCUT2D eigenvalue weighted by Crippen LogP contribution is 2.61. The quantitative estimate of drug-likeness (QED) is 0.595. The van der Waals surface area contributed by atoms with E-state index < -0.39 is 0 Å². The van der Waals surface area contributed by atoms with Gasteiger partial charge in [-0.15, -0.1) is 0 Å². The lowest BCUT2D eigenvalue weighted by Crippen LogP contribution is -2.44. The Morgan fingerprint density at radius 3 is 2.81 bits per heavy atom. The Kier molecular flexibility index (Phi) is 5.84. The smallest absolute Gasteiger partial charge is 0.247 e. The molecule has 168 valence electrons. The van der Waals surface area contributed by atoms with Gasteiger partial charge in [0.15, 0.2) is 0 Å². The van der Waals surface area contributed by atoms with Gasteiger partial charge in [0.25, 0.3) is 0 Å². The number of amides is 1. The third kappa shape index (κ3) is 3.76. The largest absolute Gasteiger partial charge is 0.489 e. The number of fused-ring (bicyclic) bond motifs is 5. The van der Waals surface area contributed by atoms with E-state index in [9.17, 15) is 4.79 Å².